The molecular formula is C18H21O2P. The molecule has 2 aromatic carbocycles. The van der Waals surface area contributed by atoms with Gasteiger partial charge in [0.15, 0.2) is 8.46 Å². The van der Waals surface area contributed by atoms with Crippen molar-refractivity contribution in [1.82, 2.24) is 0 Å². The molecule has 3 heteroatoms. The minimum atomic E-state index is -0.00923. The van der Waals surface area contributed by atoms with Gasteiger partial charge in [0.1, 0.15) is 6.10 Å². The zero-order valence-corrected chi connectivity index (χ0v) is 13.0. The van der Waals surface area contributed by atoms with Crippen molar-refractivity contribution in [3.05, 3.63) is 71.8 Å². The van der Waals surface area contributed by atoms with Crippen LogP contribution >= 0.6 is 8.46 Å². The zero-order chi connectivity index (χ0) is 14.8. The molecule has 0 atom stereocenters. The van der Waals surface area contributed by atoms with Crippen LogP contribution in [-0.4, -0.2) is 12.8 Å². The second kappa shape index (κ2) is 9.44. The number of unbranched alkanes of at least 4 members (excludes halogenated alkanes) is 2. The molecule has 0 N–H and O–H groups in total. The molecule has 2 nitrogen and oxygen atoms in total. The second-order valence-electron chi connectivity index (χ2n) is 4.99. The highest BCUT2D eigenvalue weighted by molar-refractivity contribution is 7.23. The van der Waals surface area contributed by atoms with Gasteiger partial charge in [0.05, 0.1) is 0 Å². The van der Waals surface area contributed by atoms with E-state index in [0.717, 1.165) is 32.0 Å². The molecule has 110 valence electrons. The van der Waals surface area contributed by atoms with Crippen molar-refractivity contribution in [2.24, 2.45) is 0 Å². The van der Waals surface area contributed by atoms with Gasteiger partial charge >= 0.3 is 0 Å². The first-order chi connectivity index (χ1) is 10.4. The van der Waals surface area contributed by atoms with Crippen LogP contribution in [0.15, 0.2) is 60.7 Å². The maximum absolute atomic E-state index is 10.4. The molecule has 0 saturated heterocycles. The van der Waals surface area contributed by atoms with E-state index in [9.17, 15) is 4.57 Å². The van der Waals surface area contributed by atoms with Crippen molar-refractivity contribution in [3.63, 3.8) is 0 Å². The van der Waals surface area contributed by atoms with E-state index in [-0.39, 0.29) is 14.6 Å². The smallest absolute Gasteiger partial charge is 0.155 e. The van der Waals surface area contributed by atoms with Gasteiger partial charge in [-0.25, -0.2) is 0 Å². The van der Waals surface area contributed by atoms with E-state index in [0.29, 0.717) is 0 Å². The van der Waals surface area contributed by atoms with Crippen molar-refractivity contribution >= 4 is 8.46 Å². The quantitative estimate of drug-likeness (QED) is 0.467. The summed E-state index contributed by atoms with van der Waals surface area (Å²) in [6.45, 7) is 0.726. The molecule has 0 aliphatic heterocycles. The molecule has 21 heavy (non-hydrogen) atoms. The monoisotopic (exact) mass is 300 g/mol. The fraction of sp³-hybridized carbons (Fsp3) is 0.333. The average Bonchev–Trinajstić information content (AvgIpc) is 2.56. The summed E-state index contributed by atoms with van der Waals surface area (Å²) >= 11 is 0. The van der Waals surface area contributed by atoms with Crippen LogP contribution in [0.5, 0.6) is 0 Å². The van der Waals surface area contributed by atoms with Crippen LogP contribution in [-0.2, 0) is 9.30 Å². The highest BCUT2D eigenvalue weighted by Crippen LogP contribution is 2.26. The summed E-state index contributed by atoms with van der Waals surface area (Å²) < 4.78 is 16.5. The molecule has 2 aromatic rings. The van der Waals surface area contributed by atoms with Gasteiger partial charge in [-0.1, -0.05) is 67.1 Å². The third-order valence-electron chi connectivity index (χ3n) is 3.38. The Morgan fingerprint density at radius 1 is 0.810 bits per heavy atom. The van der Waals surface area contributed by atoms with E-state index in [2.05, 4.69) is 24.3 Å². The first-order valence-corrected chi connectivity index (χ1v) is 8.42. The van der Waals surface area contributed by atoms with Gasteiger partial charge in [0.25, 0.3) is 0 Å². The van der Waals surface area contributed by atoms with E-state index in [1.807, 2.05) is 36.4 Å². The molecule has 0 radical (unpaired) electrons. The first kappa shape index (κ1) is 15.9. The Morgan fingerprint density at radius 3 is 1.90 bits per heavy atom. The molecule has 0 saturated carbocycles. The van der Waals surface area contributed by atoms with Gasteiger partial charge in [-0.05, 0) is 24.0 Å². The molecule has 0 heterocycles. The SMILES string of the molecule is O=PCCCCCOC(c1ccccc1)c1ccccc1. The summed E-state index contributed by atoms with van der Waals surface area (Å²) in [6.07, 6.45) is 3.80. The van der Waals surface area contributed by atoms with Crippen LogP contribution in [0.1, 0.15) is 36.5 Å². The lowest BCUT2D eigenvalue weighted by atomic mass is 10.0. The molecule has 0 spiro atoms. The summed E-state index contributed by atoms with van der Waals surface area (Å²) in [4.78, 5) is 0. The maximum atomic E-state index is 10.4. The van der Waals surface area contributed by atoms with Crippen LogP contribution in [0.3, 0.4) is 0 Å². The molecular weight excluding hydrogens is 279 g/mol. The first-order valence-electron chi connectivity index (χ1n) is 7.42. The highest BCUT2D eigenvalue weighted by atomic mass is 31.1. The topological polar surface area (TPSA) is 26.3 Å². The van der Waals surface area contributed by atoms with E-state index in [1.165, 1.54) is 11.1 Å². The maximum Gasteiger partial charge on any atom is 0.155 e. The fourth-order valence-electron chi connectivity index (χ4n) is 2.30. The summed E-state index contributed by atoms with van der Waals surface area (Å²) in [5, 5.41) is 0. The van der Waals surface area contributed by atoms with Gasteiger partial charge in [-0.2, -0.15) is 0 Å². The fourth-order valence-corrected chi connectivity index (χ4v) is 2.65. The normalized spacial score (nSPS) is 11.1. The van der Waals surface area contributed by atoms with Gasteiger partial charge < -0.3 is 4.74 Å². The van der Waals surface area contributed by atoms with Crippen molar-refractivity contribution in [2.75, 3.05) is 12.8 Å². The molecule has 0 aliphatic carbocycles. The summed E-state index contributed by atoms with van der Waals surface area (Å²) in [5.41, 5.74) is 2.36. The standard InChI is InChI=1S/C18H21O2P/c19-21-15-9-3-8-14-20-18(16-10-4-1-5-11-16)17-12-6-2-7-13-17/h1-2,4-7,10-13,18H,3,8-9,14-15H2. The van der Waals surface area contributed by atoms with Gasteiger partial charge in [-0.3, -0.25) is 4.57 Å². The van der Waals surface area contributed by atoms with Crippen molar-refractivity contribution in [2.45, 2.75) is 25.4 Å². The predicted molar refractivity (Wildman–Crippen MR) is 87.0 cm³/mol. The van der Waals surface area contributed by atoms with E-state index in [1.54, 1.807) is 0 Å². The number of ether oxygens (including phenoxy) is 1. The Kier molecular flexibility index (Phi) is 7.14. The lowest BCUT2D eigenvalue weighted by Crippen LogP contribution is -2.07. The molecule has 2 rings (SSSR count). The molecule has 0 aromatic heterocycles. The van der Waals surface area contributed by atoms with Gasteiger partial charge in [0.2, 0.25) is 0 Å². The highest BCUT2D eigenvalue weighted by Gasteiger charge is 2.13. The molecule has 0 unspecified atom stereocenters. The molecule has 0 bridgehead atoms. The van der Waals surface area contributed by atoms with Crippen molar-refractivity contribution in [1.29, 1.82) is 0 Å². The Morgan fingerprint density at radius 2 is 1.38 bits per heavy atom. The van der Waals surface area contributed by atoms with Crippen LogP contribution < -0.4 is 0 Å². The largest absolute Gasteiger partial charge is 0.369 e. The molecule has 0 aliphatic rings. The van der Waals surface area contributed by atoms with E-state index >= 15 is 0 Å². The third kappa shape index (κ3) is 5.41. The number of benzene rings is 2. The second-order valence-corrected chi connectivity index (χ2v) is 5.69. The average molecular weight is 300 g/mol. The van der Waals surface area contributed by atoms with Crippen molar-refractivity contribution in [3.8, 4) is 0 Å². The Labute approximate surface area is 128 Å². The lowest BCUT2D eigenvalue weighted by molar-refractivity contribution is 0.0771. The van der Waals surface area contributed by atoms with E-state index in [4.69, 9.17) is 4.74 Å². The molecule has 0 amide bonds. The Hall–Kier alpha value is -1.50. The molecule has 0 fully saturated rings. The third-order valence-corrected chi connectivity index (χ3v) is 3.88. The van der Waals surface area contributed by atoms with Gasteiger partial charge in [-0.15, -0.1) is 0 Å². The summed E-state index contributed by atoms with van der Waals surface area (Å²) in [5.74, 6) is 0. The minimum absolute atomic E-state index is 0.00923. The van der Waals surface area contributed by atoms with Gasteiger partial charge in [0, 0.05) is 12.8 Å². The zero-order valence-electron chi connectivity index (χ0n) is 12.2. The van der Waals surface area contributed by atoms with E-state index < -0.39 is 0 Å². The predicted octanol–water partition coefficient (Wildman–Crippen LogP) is 5.25. The lowest BCUT2D eigenvalue weighted by Gasteiger charge is -2.19. The van der Waals surface area contributed by atoms with Crippen LogP contribution in [0.2, 0.25) is 0 Å². The Balaban J connectivity index is 1.95. The number of rotatable bonds is 9. The Bertz CT molecular complexity index is 474. The van der Waals surface area contributed by atoms with Crippen LogP contribution in [0.25, 0.3) is 0 Å². The summed E-state index contributed by atoms with van der Waals surface area (Å²) in [7, 11) is 0.249. The minimum Gasteiger partial charge on any atom is -0.369 e. The van der Waals surface area contributed by atoms with Crippen LogP contribution in [0, 0.1) is 0 Å². The van der Waals surface area contributed by atoms with Crippen LogP contribution in [0.4, 0.5) is 0 Å². The summed E-state index contributed by atoms with van der Waals surface area (Å²) in [6, 6.07) is 20.6. The van der Waals surface area contributed by atoms with Crippen molar-refractivity contribution < 1.29 is 9.30 Å². The number of hydrogen-bond acceptors (Lipinski definition) is 2. The number of hydrogen-bond donors (Lipinski definition) is 0.